The molecule has 1 nitrogen and oxygen atoms in total. The Morgan fingerprint density at radius 3 is 2.94 bits per heavy atom. The molecular formula is C13H12BrClOS. The molecule has 1 unspecified atom stereocenters. The Kier molecular flexibility index (Phi) is 4.48. The fraction of sp³-hybridized carbons (Fsp3) is 0.231. The zero-order valence-electron chi connectivity index (χ0n) is 9.32. The Bertz CT molecular complexity index is 498. The van der Waals surface area contributed by atoms with E-state index in [0.717, 1.165) is 17.2 Å². The Morgan fingerprint density at radius 2 is 2.24 bits per heavy atom. The van der Waals surface area contributed by atoms with Crippen LogP contribution in [-0.2, 0) is 6.42 Å². The molecule has 1 aromatic heterocycles. The molecule has 0 aliphatic rings. The molecule has 0 amide bonds. The van der Waals surface area contributed by atoms with Gasteiger partial charge in [0.15, 0.2) is 0 Å². The molecule has 1 atom stereocenters. The van der Waals surface area contributed by atoms with Gasteiger partial charge in [-0.15, -0.1) is 11.3 Å². The molecule has 0 aliphatic carbocycles. The molecule has 0 spiro atoms. The molecule has 0 saturated heterocycles. The van der Waals surface area contributed by atoms with Crippen molar-refractivity contribution in [3.05, 3.63) is 51.2 Å². The number of hydrogen-bond acceptors (Lipinski definition) is 2. The summed E-state index contributed by atoms with van der Waals surface area (Å²) in [6.45, 7) is 0. The first kappa shape index (κ1) is 12.9. The van der Waals surface area contributed by atoms with Crippen LogP contribution in [0, 0.1) is 0 Å². The lowest BCUT2D eigenvalue weighted by molar-refractivity contribution is 0.412. The second kappa shape index (κ2) is 5.89. The van der Waals surface area contributed by atoms with Gasteiger partial charge in [0.05, 0.1) is 16.8 Å². The first-order chi connectivity index (χ1) is 8.20. The van der Waals surface area contributed by atoms with Gasteiger partial charge >= 0.3 is 0 Å². The van der Waals surface area contributed by atoms with Crippen LogP contribution in [0.5, 0.6) is 5.75 Å². The largest absolute Gasteiger partial charge is 0.496 e. The topological polar surface area (TPSA) is 9.23 Å². The summed E-state index contributed by atoms with van der Waals surface area (Å²) in [6, 6.07) is 9.94. The Balaban J connectivity index is 2.14. The smallest absolute Gasteiger partial charge is 0.133 e. The lowest BCUT2D eigenvalue weighted by atomic mass is 10.1. The van der Waals surface area contributed by atoms with Crippen LogP contribution in [0.3, 0.4) is 0 Å². The molecule has 0 aliphatic heterocycles. The normalized spacial score (nSPS) is 12.4. The van der Waals surface area contributed by atoms with E-state index in [1.807, 2.05) is 29.6 Å². The van der Waals surface area contributed by atoms with Crippen molar-refractivity contribution >= 4 is 38.9 Å². The fourth-order valence-corrected chi connectivity index (χ4v) is 3.64. The third-order valence-corrected chi connectivity index (χ3v) is 4.80. The Labute approximate surface area is 119 Å². The maximum absolute atomic E-state index is 5.97. The standard InChI is InChI=1S/C13H12BrClOS/c1-16-12-5-6-17-13(12)11(14)8-9-3-2-4-10(15)7-9/h2-7,11H,8H2,1H3. The quantitative estimate of drug-likeness (QED) is 0.709. The number of hydrogen-bond donors (Lipinski definition) is 0. The molecule has 0 bridgehead atoms. The van der Waals surface area contributed by atoms with Crippen LogP contribution in [0.1, 0.15) is 15.3 Å². The summed E-state index contributed by atoms with van der Waals surface area (Å²) in [7, 11) is 1.70. The summed E-state index contributed by atoms with van der Waals surface area (Å²) in [6.07, 6.45) is 0.900. The molecule has 4 heteroatoms. The molecular weight excluding hydrogens is 320 g/mol. The van der Waals surface area contributed by atoms with E-state index in [-0.39, 0.29) is 4.83 Å². The highest BCUT2D eigenvalue weighted by Crippen LogP contribution is 2.38. The number of ether oxygens (including phenoxy) is 1. The minimum Gasteiger partial charge on any atom is -0.496 e. The van der Waals surface area contributed by atoms with Crippen LogP contribution in [0.2, 0.25) is 5.02 Å². The van der Waals surface area contributed by atoms with Crippen molar-refractivity contribution in [3.8, 4) is 5.75 Å². The minimum absolute atomic E-state index is 0.260. The summed E-state index contributed by atoms with van der Waals surface area (Å²) in [5, 5.41) is 2.82. The number of methoxy groups -OCH3 is 1. The van der Waals surface area contributed by atoms with Gasteiger partial charge in [-0.05, 0) is 35.6 Å². The number of benzene rings is 1. The lowest BCUT2D eigenvalue weighted by Crippen LogP contribution is -1.95. The van der Waals surface area contributed by atoms with Crippen LogP contribution >= 0.6 is 38.9 Å². The summed E-state index contributed by atoms with van der Waals surface area (Å²) < 4.78 is 5.32. The molecule has 90 valence electrons. The zero-order chi connectivity index (χ0) is 12.3. The Morgan fingerprint density at radius 1 is 1.41 bits per heavy atom. The monoisotopic (exact) mass is 330 g/mol. The van der Waals surface area contributed by atoms with E-state index in [1.54, 1.807) is 18.4 Å². The highest BCUT2D eigenvalue weighted by atomic mass is 79.9. The average Bonchev–Trinajstić information content (AvgIpc) is 2.77. The van der Waals surface area contributed by atoms with Crippen LogP contribution in [0.15, 0.2) is 35.7 Å². The van der Waals surface area contributed by atoms with Crippen LogP contribution in [0.4, 0.5) is 0 Å². The van der Waals surface area contributed by atoms with Crippen molar-refractivity contribution in [1.82, 2.24) is 0 Å². The summed E-state index contributed by atoms with van der Waals surface area (Å²) >= 11 is 11.4. The SMILES string of the molecule is COc1ccsc1C(Br)Cc1cccc(Cl)c1. The summed E-state index contributed by atoms with van der Waals surface area (Å²) in [5.41, 5.74) is 1.22. The second-order valence-electron chi connectivity index (χ2n) is 3.65. The van der Waals surface area contributed by atoms with Gasteiger partial charge in [-0.2, -0.15) is 0 Å². The number of thiophene rings is 1. The maximum Gasteiger partial charge on any atom is 0.133 e. The summed E-state index contributed by atoms with van der Waals surface area (Å²) in [4.78, 5) is 1.48. The van der Waals surface area contributed by atoms with Crippen molar-refractivity contribution in [2.24, 2.45) is 0 Å². The molecule has 2 aromatic rings. The van der Waals surface area contributed by atoms with Gasteiger partial charge in [0.2, 0.25) is 0 Å². The van der Waals surface area contributed by atoms with E-state index >= 15 is 0 Å². The van der Waals surface area contributed by atoms with Crippen molar-refractivity contribution in [1.29, 1.82) is 0 Å². The van der Waals surface area contributed by atoms with Gasteiger partial charge in [-0.1, -0.05) is 39.7 Å². The van der Waals surface area contributed by atoms with Crippen molar-refractivity contribution in [2.75, 3.05) is 7.11 Å². The Hall–Kier alpha value is -0.510. The van der Waals surface area contributed by atoms with Crippen LogP contribution < -0.4 is 4.74 Å². The van der Waals surface area contributed by atoms with Crippen molar-refractivity contribution in [3.63, 3.8) is 0 Å². The predicted molar refractivity (Wildman–Crippen MR) is 77.7 cm³/mol. The predicted octanol–water partition coefficient (Wildman–Crippen LogP) is 5.09. The molecule has 2 rings (SSSR count). The fourth-order valence-electron chi connectivity index (χ4n) is 1.67. The molecule has 17 heavy (non-hydrogen) atoms. The van der Waals surface area contributed by atoms with Crippen LogP contribution in [-0.4, -0.2) is 7.11 Å². The molecule has 0 N–H and O–H groups in total. The highest BCUT2D eigenvalue weighted by Gasteiger charge is 2.15. The van der Waals surface area contributed by atoms with Gasteiger partial charge in [0.25, 0.3) is 0 Å². The molecule has 0 radical (unpaired) electrons. The van der Waals surface area contributed by atoms with E-state index in [4.69, 9.17) is 16.3 Å². The average molecular weight is 332 g/mol. The molecule has 0 fully saturated rings. The van der Waals surface area contributed by atoms with Gasteiger partial charge in [0, 0.05) is 5.02 Å². The molecule has 1 aromatic carbocycles. The maximum atomic E-state index is 5.97. The van der Waals surface area contributed by atoms with E-state index in [2.05, 4.69) is 22.0 Å². The van der Waals surface area contributed by atoms with E-state index < -0.39 is 0 Å². The van der Waals surface area contributed by atoms with Gasteiger partial charge < -0.3 is 4.74 Å². The number of halogens is 2. The van der Waals surface area contributed by atoms with Gasteiger partial charge in [0.1, 0.15) is 5.75 Å². The lowest BCUT2D eigenvalue weighted by Gasteiger charge is -2.10. The molecule has 0 saturated carbocycles. The molecule has 1 heterocycles. The van der Waals surface area contributed by atoms with E-state index in [1.165, 1.54) is 10.4 Å². The van der Waals surface area contributed by atoms with Gasteiger partial charge in [-0.3, -0.25) is 0 Å². The number of alkyl halides is 1. The van der Waals surface area contributed by atoms with Crippen molar-refractivity contribution in [2.45, 2.75) is 11.2 Å². The first-order valence-electron chi connectivity index (χ1n) is 5.20. The first-order valence-corrected chi connectivity index (χ1v) is 7.38. The highest BCUT2D eigenvalue weighted by molar-refractivity contribution is 9.09. The second-order valence-corrected chi connectivity index (χ2v) is 6.14. The zero-order valence-corrected chi connectivity index (χ0v) is 12.5. The van der Waals surface area contributed by atoms with E-state index in [0.29, 0.717) is 0 Å². The van der Waals surface area contributed by atoms with Crippen molar-refractivity contribution < 1.29 is 4.74 Å². The summed E-state index contributed by atoms with van der Waals surface area (Å²) in [5.74, 6) is 0.943. The van der Waals surface area contributed by atoms with E-state index in [9.17, 15) is 0 Å². The minimum atomic E-state index is 0.260. The third kappa shape index (κ3) is 3.24. The van der Waals surface area contributed by atoms with Gasteiger partial charge in [-0.25, -0.2) is 0 Å². The van der Waals surface area contributed by atoms with Crippen LogP contribution in [0.25, 0.3) is 0 Å². The number of rotatable bonds is 4. The third-order valence-electron chi connectivity index (χ3n) is 2.47.